The van der Waals surface area contributed by atoms with Crippen molar-refractivity contribution in [1.82, 2.24) is 4.90 Å². The highest BCUT2D eigenvalue weighted by atomic mass is 16.6. The van der Waals surface area contributed by atoms with Crippen molar-refractivity contribution in [2.24, 2.45) is 0 Å². The lowest BCUT2D eigenvalue weighted by atomic mass is 10.1. The minimum atomic E-state index is -0.689. The second kappa shape index (κ2) is 13.2. The third-order valence-corrected chi connectivity index (χ3v) is 6.19. The van der Waals surface area contributed by atoms with Gasteiger partial charge in [0, 0.05) is 24.4 Å². The van der Waals surface area contributed by atoms with Crippen LogP contribution in [0.2, 0.25) is 0 Å². The Morgan fingerprint density at radius 2 is 1.55 bits per heavy atom. The van der Waals surface area contributed by atoms with Gasteiger partial charge in [-0.05, 0) is 47.9 Å². The molecule has 0 spiro atoms. The zero-order valence-corrected chi connectivity index (χ0v) is 21.2. The quantitative estimate of drug-likeness (QED) is 0.288. The van der Waals surface area contributed by atoms with Crippen LogP contribution < -0.4 is 10.6 Å². The summed E-state index contributed by atoms with van der Waals surface area (Å²) >= 11 is 0. The van der Waals surface area contributed by atoms with Crippen LogP contribution in [0.5, 0.6) is 0 Å². The summed E-state index contributed by atoms with van der Waals surface area (Å²) in [6.45, 7) is 2.83. The maximum atomic E-state index is 13.2. The molecule has 4 rings (SSSR count). The Kier molecular flexibility index (Phi) is 9.26. The molecule has 8 nitrogen and oxygen atoms in total. The third-order valence-electron chi connectivity index (χ3n) is 6.19. The number of carbonyl (C=O) groups is 3. The molecule has 0 radical (unpaired) electrons. The summed E-state index contributed by atoms with van der Waals surface area (Å²) < 4.78 is 11.2. The average Bonchev–Trinajstić information content (AvgIpc) is 3.37. The van der Waals surface area contributed by atoms with Gasteiger partial charge in [0.1, 0.15) is 12.6 Å². The molecule has 1 aliphatic rings. The number of benzene rings is 3. The van der Waals surface area contributed by atoms with Gasteiger partial charge in [0.2, 0.25) is 12.3 Å². The van der Waals surface area contributed by atoms with Gasteiger partial charge in [-0.1, -0.05) is 66.7 Å². The van der Waals surface area contributed by atoms with Gasteiger partial charge < -0.3 is 20.1 Å². The molecule has 3 aromatic carbocycles. The zero-order valence-electron chi connectivity index (χ0n) is 21.2. The van der Waals surface area contributed by atoms with E-state index in [9.17, 15) is 14.4 Å². The summed E-state index contributed by atoms with van der Waals surface area (Å²) in [7, 11) is 0. The Bertz CT molecular complexity index is 1240. The molecule has 196 valence electrons. The van der Waals surface area contributed by atoms with E-state index in [0.29, 0.717) is 31.7 Å². The van der Waals surface area contributed by atoms with Crippen LogP contribution in [0.1, 0.15) is 30.0 Å². The van der Waals surface area contributed by atoms with Crippen LogP contribution in [0.15, 0.2) is 78.9 Å². The van der Waals surface area contributed by atoms with E-state index in [2.05, 4.69) is 10.6 Å². The summed E-state index contributed by atoms with van der Waals surface area (Å²) in [6, 6.07) is 23.6. The topological polar surface area (TPSA) is 97.0 Å². The minimum Gasteiger partial charge on any atom is -0.445 e. The number of carbonyl (C=O) groups excluding carboxylic acids is 3. The fraction of sp³-hybridized carbons (Fsp3) is 0.233. The van der Waals surface area contributed by atoms with Crippen molar-refractivity contribution >= 4 is 41.9 Å². The Morgan fingerprint density at radius 1 is 0.921 bits per heavy atom. The number of likely N-dealkylation sites (tertiary alicyclic amines) is 1. The standard InChI is InChI=1S/C30H31N3O5/c1-2-37-27-18-28(33(19-27)30(36)38-20-24-6-4-3-5-7-24)29(35)32-26-16-12-23(13-17-26)9-8-22-10-14-25(15-11-22)31-21-34/h3-17,21,27-28H,2,18-20H2,1H3,(H,31,34)(H,32,35)/b9-8+/t27-,28-/m0/s1. The van der Waals surface area contributed by atoms with Gasteiger partial charge in [0.25, 0.3) is 0 Å². The summed E-state index contributed by atoms with van der Waals surface area (Å²) in [5.41, 5.74) is 4.19. The first-order chi connectivity index (χ1) is 18.6. The van der Waals surface area contributed by atoms with Gasteiger partial charge in [-0.2, -0.15) is 0 Å². The molecule has 38 heavy (non-hydrogen) atoms. The third kappa shape index (κ3) is 7.30. The number of anilines is 2. The SMILES string of the molecule is CCO[C@H]1C[C@@H](C(=O)Nc2ccc(/C=C/c3ccc(NC=O)cc3)cc2)N(C(=O)OCc2ccccc2)C1. The van der Waals surface area contributed by atoms with E-state index >= 15 is 0 Å². The van der Waals surface area contributed by atoms with E-state index in [1.54, 1.807) is 0 Å². The molecule has 1 aliphatic heterocycles. The molecule has 1 fully saturated rings. The van der Waals surface area contributed by atoms with E-state index in [1.165, 1.54) is 4.90 Å². The fourth-order valence-corrected chi connectivity index (χ4v) is 4.26. The molecule has 0 saturated carbocycles. The monoisotopic (exact) mass is 513 g/mol. The van der Waals surface area contributed by atoms with Crippen molar-refractivity contribution in [2.75, 3.05) is 23.8 Å². The lowest BCUT2D eigenvalue weighted by Gasteiger charge is -2.23. The molecule has 2 atom stereocenters. The fourth-order valence-electron chi connectivity index (χ4n) is 4.26. The maximum absolute atomic E-state index is 13.2. The lowest BCUT2D eigenvalue weighted by Crippen LogP contribution is -2.43. The van der Waals surface area contributed by atoms with Gasteiger partial charge in [0.05, 0.1) is 12.6 Å². The summed E-state index contributed by atoms with van der Waals surface area (Å²) in [6.07, 6.45) is 4.21. The molecule has 2 N–H and O–H groups in total. The highest BCUT2D eigenvalue weighted by Gasteiger charge is 2.41. The van der Waals surface area contributed by atoms with Crippen LogP contribution >= 0.6 is 0 Å². The van der Waals surface area contributed by atoms with E-state index in [-0.39, 0.29) is 18.6 Å². The van der Waals surface area contributed by atoms with Crippen LogP contribution in [-0.4, -0.2) is 48.6 Å². The van der Waals surface area contributed by atoms with Crippen LogP contribution in [0, 0.1) is 0 Å². The van der Waals surface area contributed by atoms with E-state index in [0.717, 1.165) is 22.4 Å². The predicted octanol–water partition coefficient (Wildman–Crippen LogP) is 5.18. The van der Waals surface area contributed by atoms with Crippen molar-refractivity contribution in [3.63, 3.8) is 0 Å². The Morgan fingerprint density at radius 3 is 2.16 bits per heavy atom. The van der Waals surface area contributed by atoms with Crippen LogP contribution in [0.25, 0.3) is 12.2 Å². The smallest absolute Gasteiger partial charge is 0.410 e. The van der Waals surface area contributed by atoms with E-state index in [1.807, 2.05) is 97.9 Å². The highest BCUT2D eigenvalue weighted by Crippen LogP contribution is 2.24. The first-order valence-corrected chi connectivity index (χ1v) is 12.5. The molecule has 0 aliphatic carbocycles. The van der Waals surface area contributed by atoms with Crippen LogP contribution in [-0.2, 0) is 25.7 Å². The molecular weight excluding hydrogens is 482 g/mol. The first kappa shape index (κ1) is 26.6. The highest BCUT2D eigenvalue weighted by molar-refractivity contribution is 5.97. The number of nitrogens with one attached hydrogen (secondary N) is 2. The van der Waals surface area contributed by atoms with E-state index in [4.69, 9.17) is 9.47 Å². The summed E-state index contributed by atoms with van der Waals surface area (Å²) in [4.78, 5) is 38.0. The molecular formula is C30H31N3O5. The van der Waals surface area contributed by atoms with Gasteiger partial charge in [-0.25, -0.2) is 4.79 Å². The lowest BCUT2D eigenvalue weighted by molar-refractivity contribution is -0.120. The second-order valence-corrected chi connectivity index (χ2v) is 8.85. The van der Waals surface area contributed by atoms with Crippen LogP contribution in [0.3, 0.4) is 0 Å². The summed E-state index contributed by atoms with van der Waals surface area (Å²) in [5.74, 6) is -0.281. The van der Waals surface area contributed by atoms with Crippen molar-refractivity contribution in [2.45, 2.75) is 32.1 Å². The van der Waals surface area contributed by atoms with E-state index < -0.39 is 12.1 Å². The van der Waals surface area contributed by atoms with Crippen molar-refractivity contribution in [3.05, 3.63) is 95.6 Å². The second-order valence-electron chi connectivity index (χ2n) is 8.85. The van der Waals surface area contributed by atoms with Crippen molar-refractivity contribution < 1.29 is 23.9 Å². The Hall–Kier alpha value is -4.43. The molecule has 8 heteroatoms. The van der Waals surface area contributed by atoms with Crippen molar-refractivity contribution in [3.8, 4) is 0 Å². The zero-order chi connectivity index (χ0) is 26.7. The number of amides is 3. The van der Waals surface area contributed by atoms with Gasteiger partial charge in [-0.15, -0.1) is 0 Å². The molecule has 1 heterocycles. The van der Waals surface area contributed by atoms with Crippen molar-refractivity contribution in [1.29, 1.82) is 0 Å². The number of ether oxygens (including phenoxy) is 2. The number of nitrogens with zero attached hydrogens (tertiary/aromatic N) is 1. The number of hydrogen-bond acceptors (Lipinski definition) is 5. The Labute approximate surface area is 222 Å². The molecule has 0 bridgehead atoms. The molecule has 0 unspecified atom stereocenters. The predicted molar refractivity (Wildman–Crippen MR) is 147 cm³/mol. The molecule has 1 saturated heterocycles. The minimum absolute atomic E-state index is 0.137. The largest absolute Gasteiger partial charge is 0.445 e. The van der Waals surface area contributed by atoms with Gasteiger partial charge in [0.15, 0.2) is 0 Å². The average molecular weight is 514 g/mol. The number of rotatable bonds is 10. The summed E-state index contributed by atoms with van der Waals surface area (Å²) in [5, 5.41) is 5.53. The normalized spacial score (nSPS) is 16.8. The maximum Gasteiger partial charge on any atom is 0.410 e. The number of hydrogen-bond donors (Lipinski definition) is 2. The molecule has 0 aromatic heterocycles. The Balaban J connectivity index is 1.36. The molecule has 3 amide bonds. The van der Waals surface area contributed by atoms with Gasteiger partial charge >= 0.3 is 6.09 Å². The first-order valence-electron chi connectivity index (χ1n) is 12.5. The molecule has 3 aromatic rings. The van der Waals surface area contributed by atoms with Gasteiger partial charge in [-0.3, -0.25) is 14.5 Å². The van der Waals surface area contributed by atoms with Crippen LogP contribution in [0.4, 0.5) is 16.2 Å².